The summed E-state index contributed by atoms with van der Waals surface area (Å²) in [4.78, 5) is 53.7. The smallest absolute Gasteiger partial charge is 0.405 e. The number of fused-ring (bicyclic) bond motifs is 2. The zero-order valence-electron chi connectivity index (χ0n) is 27.0. The molecule has 0 aromatic heterocycles. The van der Waals surface area contributed by atoms with Crippen LogP contribution in [0.25, 0.3) is 0 Å². The first-order valence-corrected chi connectivity index (χ1v) is 14.7. The highest BCUT2D eigenvalue weighted by Crippen LogP contribution is 2.28. The Morgan fingerprint density at radius 1 is 1.16 bits per heavy atom. The van der Waals surface area contributed by atoms with Crippen LogP contribution >= 0.6 is 0 Å². The molecule has 0 aromatic carbocycles. The molecule has 2 rings (SSSR count). The van der Waals surface area contributed by atoms with Gasteiger partial charge in [0.25, 0.3) is 5.91 Å². The predicted octanol–water partition coefficient (Wildman–Crippen LogP) is 1.91. The monoisotopic (exact) mass is 616 g/mol. The molecule has 0 fully saturated rings. The zero-order valence-corrected chi connectivity index (χ0v) is 27.0. The maximum atomic E-state index is 13.7. The molecule has 12 nitrogen and oxygen atoms in total. The third kappa shape index (κ3) is 10.3. The molecular formula is C32H48N4O8. The molecule has 44 heavy (non-hydrogen) atoms. The number of nitrogens with one attached hydrogen (secondary N) is 2. The Labute approximate surface area is 260 Å². The number of aliphatic hydroxyl groups excluding tert-OH is 1. The first-order valence-electron chi connectivity index (χ1n) is 14.7. The number of amides is 2. The van der Waals surface area contributed by atoms with Crippen molar-refractivity contribution in [3.05, 3.63) is 58.5 Å². The lowest BCUT2D eigenvalue weighted by atomic mass is 9.85. The van der Waals surface area contributed by atoms with Crippen LogP contribution in [0.15, 0.2) is 58.5 Å². The molecule has 0 saturated carbocycles. The molecule has 244 valence electrons. The fourth-order valence-electron chi connectivity index (χ4n) is 5.18. The summed E-state index contributed by atoms with van der Waals surface area (Å²) < 4.78 is 16.6. The quantitative estimate of drug-likeness (QED) is 0.245. The predicted molar refractivity (Wildman–Crippen MR) is 166 cm³/mol. The molecule has 12 heteroatoms. The van der Waals surface area contributed by atoms with E-state index in [0.29, 0.717) is 25.1 Å². The van der Waals surface area contributed by atoms with Crippen molar-refractivity contribution in [2.75, 3.05) is 41.4 Å². The number of nitrogens with zero attached hydrogens (tertiary/aromatic N) is 1. The highest BCUT2D eigenvalue weighted by atomic mass is 16.6. The summed E-state index contributed by atoms with van der Waals surface area (Å²) in [5.41, 5.74) is 6.55. The maximum Gasteiger partial charge on any atom is 0.405 e. The minimum Gasteiger partial charge on any atom is -0.439 e. The van der Waals surface area contributed by atoms with Crippen LogP contribution in [0.1, 0.15) is 40.5 Å². The lowest BCUT2D eigenvalue weighted by Crippen LogP contribution is -2.38. The minimum atomic E-state index is -0.997. The number of hydrogen-bond donors (Lipinski definition) is 4. The number of allylic oxidation sites excluding steroid dienone is 4. The number of likely N-dealkylation sites (N-methyl/N-ethyl adjacent to an activating group) is 1. The van der Waals surface area contributed by atoms with Crippen molar-refractivity contribution < 1.29 is 38.5 Å². The van der Waals surface area contributed by atoms with Gasteiger partial charge >= 0.3 is 6.09 Å². The SMILES string of the molecule is CO[C@@H]1/C=C\C=C(\C)C(=O)NC2=CC(=O)C(NCCN(C)C)=C(C[C@@H](C)C[C@@H](OC)[C@@H](O)[C@H](C)/C=C(/C)[C@H]1OC(N)=O)C2=O. The number of ether oxygens (including phenoxy) is 3. The van der Waals surface area contributed by atoms with Crippen LogP contribution in [0.5, 0.6) is 0 Å². The number of carbonyl (C=O) groups is 4. The van der Waals surface area contributed by atoms with Crippen LogP contribution < -0.4 is 16.4 Å². The number of methoxy groups -OCH3 is 2. The van der Waals surface area contributed by atoms with E-state index in [4.69, 9.17) is 19.9 Å². The lowest BCUT2D eigenvalue weighted by molar-refractivity contribution is -0.120. The van der Waals surface area contributed by atoms with E-state index in [-0.39, 0.29) is 34.9 Å². The first-order chi connectivity index (χ1) is 20.7. The number of ketones is 2. The molecule has 0 unspecified atom stereocenters. The molecule has 2 aliphatic rings. The van der Waals surface area contributed by atoms with Gasteiger partial charge in [0, 0.05) is 50.4 Å². The lowest BCUT2D eigenvalue weighted by Gasteiger charge is -2.30. The van der Waals surface area contributed by atoms with Crippen molar-refractivity contribution in [2.45, 2.75) is 65.0 Å². The second-order valence-electron chi connectivity index (χ2n) is 11.7. The van der Waals surface area contributed by atoms with Gasteiger partial charge in [-0.25, -0.2) is 4.79 Å². The molecule has 0 radical (unpaired) electrons. The molecule has 6 atom stereocenters. The van der Waals surface area contributed by atoms with Crippen molar-refractivity contribution >= 4 is 23.6 Å². The number of carbonyl (C=O) groups excluding carboxylic acids is 4. The van der Waals surface area contributed by atoms with E-state index in [0.717, 1.165) is 6.08 Å². The summed E-state index contributed by atoms with van der Waals surface area (Å²) in [5.74, 6) is -2.06. The van der Waals surface area contributed by atoms with E-state index in [2.05, 4.69) is 10.6 Å². The van der Waals surface area contributed by atoms with Crippen molar-refractivity contribution in [3.63, 3.8) is 0 Å². The van der Waals surface area contributed by atoms with E-state index in [1.807, 2.05) is 32.8 Å². The molecular weight excluding hydrogens is 568 g/mol. The third-order valence-electron chi connectivity index (χ3n) is 7.65. The largest absolute Gasteiger partial charge is 0.439 e. The number of aliphatic hydroxyl groups is 1. The summed E-state index contributed by atoms with van der Waals surface area (Å²) in [6.07, 6.45) is 3.88. The van der Waals surface area contributed by atoms with Crippen LogP contribution in [0.4, 0.5) is 4.79 Å². The van der Waals surface area contributed by atoms with Crippen LogP contribution in [0.3, 0.4) is 0 Å². The van der Waals surface area contributed by atoms with Gasteiger partial charge in [0.15, 0.2) is 6.10 Å². The highest BCUT2D eigenvalue weighted by molar-refractivity contribution is 6.23. The average Bonchev–Trinajstić information content (AvgIpc) is 2.95. The number of primary amides is 1. The molecule has 1 aliphatic heterocycles. The van der Waals surface area contributed by atoms with Gasteiger partial charge in [-0.15, -0.1) is 0 Å². The normalized spacial score (nSPS) is 31.0. The highest BCUT2D eigenvalue weighted by Gasteiger charge is 2.33. The molecule has 0 spiro atoms. The van der Waals surface area contributed by atoms with E-state index in [9.17, 15) is 24.3 Å². The van der Waals surface area contributed by atoms with Gasteiger partial charge in [0.2, 0.25) is 11.6 Å². The van der Waals surface area contributed by atoms with Crippen LogP contribution in [-0.2, 0) is 28.6 Å². The van der Waals surface area contributed by atoms with Crippen molar-refractivity contribution in [2.24, 2.45) is 17.6 Å². The number of Topliss-reactive ketones (excluding diaryl/α,β-unsaturated/α-hetero) is 1. The van der Waals surface area contributed by atoms with Gasteiger partial charge in [-0.1, -0.05) is 38.2 Å². The Morgan fingerprint density at radius 3 is 2.43 bits per heavy atom. The van der Waals surface area contributed by atoms with Crippen LogP contribution in [-0.4, -0.2) is 99.4 Å². The number of nitrogens with two attached hydrogens (primary N) is 1. The molecule has 2 bridgehead atoms. The fourth-order valence-corrected chi connectivity index (χ4v) is 5.18. The second kappa shape index (κ2) is 17.0. The van der Waals surface area contributed by atoms with Gasteiger partial charge in [-0.3, -0.25) is 14.4 Å². The zero-order chi connectivity index (χ0) is 33.1. The fraction of sp³-hybridized carbons (Fsp3) is 0.562. The molecule has 2 amide bonds. The van der Waals surface area contributed by atoms with Crippen molar-refractivity contribution in [1.29, 1.82) is 0 Å². The van der Waals surface area contributed by atoms with Crippen molar-refractivity contribution in [3.8, 4) is 0 Å². The molecule has 0 aromatic rings. The molecule has 0 saturated heterocycles. The van der Waals surface area contributed by atoms with Crippen LogP contribution in [0, 0.1) is 11.8 Å². The summed E-state index contributed by atoms with van der Waals surface area (Å²) in [6, 6.07) is 0. The van der Waals surface area contributed by atoms with Gasteiger partial charge in [0.1, 0.15) is 6.10 Å². The van der Waals surface area contributed by atoms with Gasteiger partial charge in [0.05, 0.1) is 23.6 Å². The van der Waals surface area contributed by atoms with Crippen LogP contribution in [0.2, 0.25) is 0 Å². The van der Waals surface area contributed by atoms with E-state index < -0.39 is 53.9 Å². The number of hydrogen-bond acceptors (Lipinski definition) is 10. The Kier molecular flexibility index (Phi) is 14.2. The summed E-state index contributed by atoms with van der Waals surface area (Å²) >= 11 is 0. The second-order valence-corrected chi connectivity index (χ2v) is 11.7. The number of rotatable bonds is 7. The van der Waals surface area contributed by atoms with E-state index in [1.165, 1.54) is 20.3 Å². The Morgan fingerprint density at radius 2 is 1.84 bits per heavy atom. The standard InChI is InChI=1S/C32H48N4O8/c1-18-14-22-27(34-12-13-36(5)6)24(37)17-23(29(22)39)35-31(40)19(2)10-9-11-25(42-7)30(44-32(33)41)21(4)16-20(3)28(38)26(15-18)43-8/h9-11,16-18,20,25-26,28,30,34,38H,12-15H2,1-8H3,(H2,33,41)(H,35,40)/b11-9-,19-10-,21-16-/t18-,20-,25-,26-,28+,30-/m1/s1. The Balaban J connectivity index is 2.60. The summed E-state index contributed by atoms with van der Waals surface area (Å²) in [5, 5.41) is 17.0. The maximum absolute atomic E-state index is 13.7. The summed E-state index contributed by atoms with van der Waals surface area (Å²) in [6.45, 7) is 8.09. The van der Waals surface area contributed by atoms with Gasteiger partial charge in [-0.05, 0) is 52.3 Å². The summed E-state index contributed by atoms with van der Waals surface area (Å²) in [7, 11) is 6.74. The van der Waals surface area contributed by atoms with Crippen molar-refractivity contribution in [1.82, 2.24) is 15.5 Å². The Bertz CT molecular complexity index is 1230. The molecule has 5 N–H and O–H groups in total. The van der Waals surface area contributed by atoms with Gasteiger partial charge in [-0.2, -0.15) is 0 Å². The molecule has 1 aliphatic carbocycles. The van der Waals surface area contributed by atoms with E-state index in [1.54, 1.807) is 32.1 Å². The molecule has 1 heterocycles. The Hall–Kier alpha value is -3.58. The minimum absolute atomic E-state index is 0.114. The average molecular weight is 617 g/mol. The third-order valence-corrected chi connectivity index (χ3v) is 7.65. The first kappa shape index (κ1) is 36.6. The van der Waals surface area contributed by atoms with Gasteiger partial charge < -0.3 is 40.6 Å². The topological polar surface area (TPSA) is 170 Å². The van der Waals surface area contributed by atoms with E-state index >= 15 is 0 Å².